The lowest BCUT2D eigenvalue weighted by molar-refractivity contribution is 0.278. The molecule has 0 spiro atoms. The van der Waals surface area contributed by atoms with Gasteiger partial charge in [-0.3, -0.25) is 0 Å². The predicted octanol–water partition coefficient (Wildman–Crippen LogP) is 1.06. The van der Waals surface area contributed by atoms with Gasteiger partial charge in [-0.1, -0.05) is 6.92 Å². The second-order valence-electron chi connectivity index (χ2n) is 3.57. The largest absolute Gasteiger partial charge is 0.396 e. The van der Waals surface area contributed by atoms with Gasteiger partial charge in [-0.15, -0.1) is 5.10 Å². The Morgan fingerprint density at radius 2 is 2.00 bits per heavy atom. The van der Waals surface area contributed by atoms with Crippen molar-refractivity contribution in [3.63, 3.8) is 0 Å². The fourth-order valence-corrected chi connectivity index (χ4v) is 1.23. The lowest BCUT2D eigenvalue weighted by Gasteiger charge is -2.15. The summed E-state index contributed by atoms with van der Waals surface area (Å²) >= 11 is 0. The van der Waals surface area contributed by atoms with Crippen LogP contribution in [0.15, 0.2) is 0 Å². The molecule has 0 amide bonds. The van der Waals surface area contributed by atoms with Crippen LogP contribution in [0.5, 0.6) is 0 Å². The molecule has 0 aromatic carbocycles. The fraction of sp³-hybridized carbons (Fsp3) is 0.700. The van der Waals surface area contributed by atoms with Crippen LogP contribution in [0.3, 0.4) is 0 Å². The third kappa shape index (κ3) is 3.43. The molecule has 5 heteroatoms. The first kappa shape index (κ1) is 11.8. The van der Waals surface area contributed by atoms with Crippen LogP contribution in [0, 0.1) is 13.8 Å². The molecular weight excluding hydrogens is 192 g/mol. The molecule has 0 bridgehead atoms. The van der Waals surface area contributed by atoms with Gasteiger partial charge in [-0.25, -0.2) is 4.98 Å². The Morgan fingerprint density at radius 3 is 2.53 bits per heavy atom. The molecule has 1 unspecified atom stereocenters. The molecule has 1 aromatic rings. The van der Waals surface area contributed by atoms with E-state index in [0.29, 0.717) is 12.4 Å². The Labute approximate surface area is 90.0 Å². The number of anilines is 1. The van der Waals surface area contributed by atoms with Crippen LogP contribution in [0.4, 0.5) is 5.95 Å². The Morgan fingerprint density at radius 1 is 1.27 bits per heavy atom. The van der Waals surface area contributed by atoms with Crippen molar-refractivity contribution < 1.29 is 5.11 Å². The highest BCUT2D eigenvalue weighted by molar-refractivity contribution is 5.26. The molecule has 2 N–H and O–H groups in total. The van der Waals surface area contributed by atoms with Crippen molar-refractivity contribution in [2.24, 2.45) is 0 Å². The number of aliphatic hydroxyl groups is 1. The standard InChI is InChI=1S/C10H18N4O/c1-4-9(5-6-15)12-10-11-7(2)8(3)13-14-10/h9,15H,4-6H2,1-3H3,(H,11,12,14). The monoisotopic (exact) mass is 210 g/mol. The second kappa shape index (κ2) is 5.60. The lowest BCUT2D eigenvalue weighted by Crippen LogP contribution is -2.22. The predicted molar refractivity (Wildman–Crippen MR) is 58.7 cm³/mol. The van der Waals surface area contributed by atoms with Crippen molar-refractivity contribution in [3.8, 4) is 0 Å². The van der Waals surface area contributed by atoms with Gasteiger partial charge in [-0.05, 0) is 26.7 Å². The molecule has 1 rings (SSSR count). The van der Waals surface area contributed by atoms with Gasteiger partial charge in [0, 0.05) is 12.6 Å². The summed E-state index contributed by atoms with van der Waals surface area (Å²) in [6, 6.07) is 0.207. The Bertz CT molecular complexity index is 316. The molecule has 0 aliphatic carbocycles. The van der Waals surface area contributed by atoms with Gasteiger partial charge in [0.25, 0.3) is 0 Å². The summed E-state index contributed by atoms with van der Waals surface area (Å²) in [4.78, 5) is 4.28. The average molecular weight is 210 g/mol. The van der Waals surface area contributed by atoms with Crippen molar-refractivity contribution >= 4 is 5.95 Å². The highest BCUT2D eigenvalue weighted by Gasteiger charge is 2.08. The molecule has 0 saturated carbocycles. The molecule has 0 aliphatic heterocycles. The van der Waals surface area contributed by atoms with E-state index in [1.54, 1.807) is 0 Å². The second-order valence-corrected chi connectivity index (χ2v) is 3.57. The van der Waals surface area contributed by atoms with Crippen molar-refractivity contribution in [1.82, 2.24) is 15.2 Å². The average Bonchev–Trinajstić information content (AvgIpc) is 2.23. The first-order valence-corrected chi connectivity index (χ1v) is 5.22. The molecule has 0 saturated heterocycles. The van der Waals surface area contributed by atoms with Crippen molar-refractivity contribution in [2.75, 3.05) is 11.9 Å². The number of nitrogens with one attached hydrogen (secondary N) is 1. The molecule has 0 radical (unpaired) electrons. The van der Waals surface area contributed by atoms with Gasteiger partial charge in [0.2, 0.25) is 5.95 Å². The zero-order chi connectivity index (χ0) is 11.3. The molecule has 0 aliphatic rings. The third-order valence-electron chi connectivity index (χ3n) is 2.40. The maximum atomic E-state index is 8.85. The van der Waals surface area contributed by atoms with Gasteiger partial charge in [0.15, 0.2) is 0 Å². The number of nitrogens with zero attached hydrogens (tertiary/aromatic N) is 3. The van der Waals surface area contributed by atoms with Gasteiger partial charge in [0.1, 0.15) is 0 Å². The number of hydrogen-bond donors (Lipinski definition) is 2. The number of aliphatic hydroxyl groups excluding tert-OH is 1. The maximum absolute atomic E-state index is 8.85. The van der Waals surface area contributed by atoms with Gasteiger partial charge < -0.3 is 10.4 Å². The highest BCUT2D eigenvalue weighted by Crippen LogP contribution is 2.07. The minimum Gasteiger partial charge on any atom is -0.396 e. The molecule has 84 valence electrons. The van der Waals surface area contributed by atoms with E-state index in [0.717, 1.165) is 17.8 Å². The Kier molecular flexibility index (Phi) is 4.42. The van der Waals surface area contributed by atoms with E-state index >= 15 is 0 Å². The molecule has 5 nitrogen and oxygen atoms in total. The van der Waals surface area contributed by atoms with Crippen LogP contribution in [0.1, 0.15) is 31.2 Å². The molecular formula is C10H18N4O. The van der Waals surface area contributed by atoms with Crippen LogP contribution in [0.2, 0.25) is 0 Å². The summed E-state index contributed by atoms with van der Waals surface area (Å²) in [5.41, 5.74) is 1.72. The smallest absolute Gasteiger partial charge is 0.243 e. The summed E-state index contributed by atoms with van der Waals surface area (Å²) in [5.74, 6) is 0.540. The third-order valence-corrected chi connectivity index (χ3v) is 2.40. The summed E-state index contributed by atoms with van der Waals surface area (Å²) in [6.45, 7) is 6.01. The zero-order valence-corrected chi connectivity index (χ0v) is 9.49. The molecule has 1 atom stereocenters. The van der Waals surface area contributed by atoms with Gasteiger partial charge in [0.05, 0.1) is 11.4 Å². The minimum atomic E-state index is 0.170. The summed E-state index contributed by atoms with van der Waals surface area (Å²) < 4.78 is 0. The SMILES string of the molecule is CCC(CCO)Nc1nnc(C)c(C)n1. The molecule has 1 heterocycles. The van der Waals surface area contributed by atoms with E-state index in [9.17, 15) is 0 Å². The highest BCUT2D eigenvalue weighted by atomic mass is 16.3. The quantitative estimate of drug-likeness (QED) is 0.760. The molecule has 0 fully saturated rings. The summed E-state index contributed by atoms with van der Waals surface area (Å²) in [7, 11) is 0. The van der Waals surface area contributed by atoms with E-state index in [2.05, 4.69) is 27.4 Å². The zero-order valence-electron chi connectivity index (χ0n) is 9.49. The van der Waals surface area contributed by atoms with E-state index in [1.165, 1.54) is 0 Å². The first-order valence-electron chi connectivity index (χ1n) is 5.22. The van der Waals surface area contributed by atoms with E-state index in [-0.39, 0.29) is 12.6 Å². The Hall–Kier alpha value is -1.23. The van der Waals surface area contributed by atoms with Crippen LogP contribution in [0.25, 0.3) is 0 Å². The normalized spacial score (nSPS) is 12.5. The van der Waals surface area contributed by atoms with Crippen LogP contribution < -0.4 is 5.32 Å². The van der Waals surface area contributed by atoms with E-state index in [1.807, 2.05) is 13.8 Å². The number of aryl methyl sites for hydroxylation is 2. The van der Waals surface area contributed by atoms with Crippen LogP contribution >= 0.6 is 0 Å². The molecule has 1 aromatic heterocycles. The lowest BCUT2D eigenvalue weighted by atomic mass is 10.2. The number of rotatable bonds is 5. The first-order chi connectivity index (χ1) is 7.17. The van der Waals surface area contributed by atoms with Crippen molar-refractivity contribution in [3.05, 3.63) is 11.4 Å². The summed E-state index contributed by atoms with van der Waals surface area (Å²) in [6.07, 6.45) is 1.63. The van der Waals surface area contributed by atoms with Crippen LogP contribution in [-0.2, 0) is 0 Å². The molecule has 15 heavy (non-hydrogen) atoms. The number of hydrogen-bond acceptors (Lipinski definition) is 5. The number of aromatic nitrogens is 3. The van der Waals surface area contributed by atoms with E-state index in [4.69, 9.17) is 5.11 Å². The van der Waals surface area contributed by atoms with E-state index < -0.39 is 0 Å². The Balaban J connectivity index is 2.66. The van der Waals surface area contributed by atoms with Crippen molar-refractivity contribution in [2.45, 2.75) is 39.7 Å². The van der Waals surface area contributed by atoms with Crippen molar-refractivity contribution in [1.29, 1.82) is 0 Å². The van der Waals surface area contributed by atoms with Crippen LogP contribution in [-0.4, -0.2) is 32.9 Å². The minimum absolute atomic E-state index is 0.170. The van der Waals surface area contributed by atoms with Gasteiger partial charge in [-0.2, -0.15) is 5.10 Å². The summed E-state index contributed by atoms with van der Waals surface area (Å²) in [5, 5.41) is 19.9. The fourth-order valence-electron chi connectivity index (χ4n) is 1.23. The topological polar surface area (TPSA) is 70.9 Å². The maximum Gasteiger partial charge on any atom is 0.243 e. The van der Waals surface area contributed by atoms with Gasteiger partial charge >= 0.3 is 0 Å².